The van der Waals surface area contributed by atoms with E-state index in [4.69, 9.17) is 4.74 Å². The van der Waals surface area contributed by atoms with E-state index in [9.17, 15) is 9.65 Å². The average Bonchev–Trinajstić information content (AvgIpc) is 2.99. The molecule has 0 aliphatic carbocycles. The van der Waals surface area contributed by atoms with Gasteiger partial charge < -0.3 is 4.74 Å². The summed E-state index contributed by atoms with van der Waals surface area (Å²) in [4.78, 5) is 0. The van der Waals surface area contributed by atoms with Crippen LogP contribution in [0.1, 0.15) is 11.3 Å². The molecule has 0 unspecified atom stereocenters. The van der Waals surface area contributed by atoms with Crippen LogP contribution in [0.5, 0.6) is 5.75 Å². The summed E-state index contributed by atoms with van der Waals surface area (Å²) in [6.07, 6.45) is 0. The van der Waals surface area contributed by atoms with Gasteiger partial charge in [-0.1, -0.05) is 35.5 Å². The van der Waals surface area contributed by atoms with Crippen molar-refractivity contribution in [3.05, 3.63) is 65.6 Å². The molecule has 23 heavy (non-hydrogen) atoms. The summed E-state index contributed by atoms with van der Waals surface area (Å²) >= 11 is 0. The highest BCUT2D eigenvalue weighted by Crippen LogP contribution is 2.26. The molecule has 0 atom stereocenters. The normalized spacial score (nSPS) is 10.3. The molecule has 0 fully saturated rings. The zero-order chi connectivity index (χ0) is 16.2. The first kappa shape index (κ1) is 14.7. The Kier molecular flexibility index (Phi) is 4.02. The van der Waals surface area contributed by atoms with Gasteiger partial charge in [0.15, 0.2) is 5.69 Å². The summed E-state index contributed by atoms with van der Waals surface area (Å²) in [6.45, 7) is 0.188. The van der Waals surface area contributed by atoms with Crippen LogP contribution in [-0.2, 0) is 6.54 Å². The van der Waals surface area contributed by atoms with Crippen molar-refractivity contribution in [3.8, 4) is 23.1 Å². The predicted octanol–water partition coefficient (Wildman–Crippen LogP) is 3.01. The van der Waals surface area contributed by atoms with Crippen LogP contribution in [0.2, 0.25) is 0 Å². The van der Waals surface area contributed by atoms with E-state index in [2.05, 4.69) is 10.3 Å². The Labute approximate surface area is 132 Å². The van der Waals surface area contributed by atoms with Gasteiger partial charge >= 0.3 is 0 Å². The van der Waals surface area contributed by atoms with Gasteiger partial charge in [-0.2, -0.15) is 5.26 Å². The SMILES string of the molecule is COc1cccc(-c2c(C#N)nnn2Cc2ccccc2F)c1. The Morgan fingerprint density at radius 2 is 2.04 bits per heavy atom. The van der Waals surface area contributed by atoms with E-state index in [1.165, 1.54) is 10.7 Å². The molecule has 5 nitrogen and oxygen atoms in total. The zero-order valence-electron chi connectivity index (χ0n) is 12.4. The van der Waals surface area contributed by atoms with Crippen molar-refractivity contribution in [2.75, 3.05) is 7.11 Å². The minimum absolute atomic E-state index is 0.188. The van der Waals surface area contributed by atoms with Gasteiger partial charge in [-0.3, -0.25) is 0 Å². The van der Waals surface area contributed by atoms with E-state index >= 15 is 0 Å². The van der Waals surface area contributed by atoms with Crippen molar-refractivity contribution in [2.24, 2.45) is 0 Å². The number of rotatable bonds is 4. The molecule has 2 aromatic carbocycles. The lowest BCUT2D eigenvalue weighted by Crippen LogP contribution is -2.06. The third-order valence-electron chi connectivity index (χ3n) is 3.46. The lowest BCUT2D eigenvalue weighted by molar-refractivity contribution is 0.415. The molecule has 0 bridgehead atoms. The number of benzene rings is 2. The largest absolute Gasteiger partial charge is 0.497 e. The molecule has 0 aliphatic heterocycles. The molecule has 0 spiro atoms. The summed E-state index contributed by atoms with van der Waals surface area (Å²) in [5, 5.41) is 17.1. The van der Waals surface area contributed by atoms with E-state index in [-0.39, 0.29) is 18.1 Å². The molecule has 3 aromatic rings. The van der Waals surface area contributed by atoms with Gasteiger partial charge in [0.25, 0.3) is 0 Å². The molecule has 3 rings (SSSR count). The topological polar surface area (TPSA) is 63.7 Å². The van der Waals surface area contributed by atoms with Crippen LogP contribution >= 0.6 is 0 Å². The first-order valence-electron chi connectivity index (χ1n) is 6.94. The van der Waals surface area contributed by atoms with Crippen molar-refractivity contribution in [2.45, 2.75) is 6.54 Å². The van der Waals surface area contributed by atoms with Crippen molar-refractivity contribution in [1.29, 1.82) is 5.26 Å². The minimum Gasteiger partial charge on any atom is -0.497 e. The summed E-state index contributed by atoms with van der Waals surface area (Å²) in [5.74, 6) is 0.336. The molecule has 0 N–H and O–H groups in total. The Bertz CT molecular complexity index is 882. The molecule has 0 saturated heterocycles. The van der Waals surface area contributed by atoms with Crippen LogP contribution in [0, 0.1) is 17.1 Å². The Morgan fingerprint density at radius 3 is 2.78 bits per heavy atom. The molecular weight excluding hydrogens is 295 g/mol. The molecule has 114 valence electrons. The van der Waals surface area contributed by atoms with Crippen molar-refractivity contribution < 1.29 is 9.13 Å². The van der Waals surface area contributed by atoms with Gasteiger partial charge in [-0.25, -0.2) is 9.07 Å². The number of nitrogens with zero attached hydrogens (tertiary/aromatic N) is 4. The third-order valence-corrected chi connectivity index (χ3v) is 3.46. The average molecular weight is 308 g/mol. The first-order valence-corrected chi connectivity index (χ1v) is 6.94. The van der Waals surface area contributed by atoms with Gasteiger partial charge in [0.05, 0.1) is 13.7 Å². The van der Waals surface area contributed by atoms with E-state index in [0.717, 1.165) is 5.56 Å². The number of halogens is 1. The van der Waals surface area contributed by atoms with Crippen molar-refractivity contribution in [1.82, 2.24) is 15.0 Å². The van der Waals surface area contributed by atoms with Gasteiger partial charge in [-0.15, -0.1) is 5.10 Å². The first-order chi connectivity index (χ1) is 11.2. The standard InChI is InChI=1S/C17H13FN4O/c1-23-14-7-4-6-12(9-14)17-16(10-19)20-21-22(17)11-13-5-2-3-8-15(13)18/h2-9H,11H2,1H3. The Balaban J connectivity index is 2.08. The molecule has 0 aliphatic rings. The fourth-order valence-corrected chi connectivity index (χ4v) is 2.34. The third kappa shape index (κ3) is 2.90. The maximum atomic E-state index is 13.9. The highest BCUT2D eigenvalue weighted by Gasteiger charge is 2.16. The summed E-state index contributed by atoms with van der Waals surface area (Å²) < 4.78 is 20.6. The van der Waals surface area contributed by atoms with Crippen LogP contribution < -0.4 is 4.74 Å². The quantitative estimate of drug-likeness (QED) is 0.743. The highest BCUT2D eigenvalue weighted by atomic mass is 19.1. The molecule has 0 amide bonds. The van der Waals surface area contributed by atoms with Crippen LogP contribution in [0.15, 0.2) is 48.5 Å². The smallest absolute Gasteiger partial charge is 0.190 e. The molecule has 6 heteroatoms. The maximum absolute atomic E-state index is 13.9. The Hall–Kier alpha value is -3.20. The second kappa shape index (κ2) is 6.28. The van der Waals surface area contributed by atoms with Crippen LogP contribution in [0.3, 0.4) is 0 Å². The molecular formula is C17H13FN4O. The number of nitriles is 1. The highest BCUT2D eigenvalue weighted by molar-refractivity contribution is 5.66. The molecule has 1 aromatic heterocycles. The zero-order valence-corrected chi connectivity index (χ0v) is 12.4. The number of ether oxygens (including phenoxy) is 1. The van der Waals surface area contributed by atoms with Crippen LogP contribution in [-0.4, -0.2) is 22.1 Å². The van der Waals surface area contributed by atoms with Crippen LogP contribution in [0.4, 0.5) is 4.39 Å². The molecule has 0 radical (unpaired) electrons. The van der Waals surface area contributed by atoms with Gasteiger partial charge in [0.2, 0.25) is 0 Å². The lowest BCUT2D eigenvalue weighted by atomic mass is 10.1. The maximum Gasteiger partial charge on any atom is 0.190 e. The van der Waals surface area contributed by atoms with E-state index in [1.807, 2.05) is 18.2 Å². The summed E-state index contributed by atoms with van der Waals surface area (Å²) in [6, 6.07) is 15.7. The lowest BCUT2D eigenvalue weighted by Gasteiger charge is -2.09. The second-order valence-electron chi connectivity index (χ2n) is 4.88. The van der Waals surface area contributed by atoms with Gasteiger partial charge in [0, 0.05) is 11.1 Å². The number of aromatic nitrogens is 3. The number of hydrogen-bond acceptors (Lipinski definition) is 4. The fourth-order valence-electron chi connectivity index (χ4n) is 2.34. The van der Waals surface area contributed by atoms with Gasteiger partial charge in [-0.05, 0) is 18.2 Å². The second-order valence-corrected chi connectivity index (χ2v) is 4.88. The molecule has 0 saturated carbocycles. The van der Waals surface area contributed by atoms with E-state index < -0.39 is 0 Å². The fraction of sp³-hybridized carbons (Fsp3) is 0.118. The minimum atomic E-state index is -0.321. The monoisotopic (exact) mass is 308 g/mol. The van der Waals surface area contributed by atoms with E-state index in [1.54, 1.807) is 37.4 Å². The summed E-state index contributed by atoms with van der Waals surface area (Å²) in [7, 11) is 1.57. The van der Waals surface area contributed by atoms with Crippen molar-refractivity contribution in [3.63, 3.8) is 0 Å². The van der Waals surface area contributed by atoms with Crippen LogP contribution in [0.25, 0.3) is 11.3 Å². The van der Waals surface area contributed by atoms with Gasteiger partial charge in [0.1, 0.15) is 23.3 Å². The summed E-state index contributed by atoms with van der Waals surface area (Å²) in [5.41, 5.74) is 1.94. The predicted molar refractivity (Wildman–Crippen MR) is 82.2 cm³/mol. The molecule has 1 heterocycles. The number of methoxy groups -OCH3 is 1. The number of hydrogen-bond donors (Lipinski definition) is 0. The Morgan fingerprint density at radius 1 is 1.22 bits per heavy atom. The van der Waals surface area contributed by atoms with Crippen molar-refractivity contribution >= 4 is 0 Å². The van der Waals surface area contributed by atoms with E-state index in [0.29, 0.717) is 17.0 Å².